The van der Waals surface area contributed by atoms with Gasteiger partial charge < -0.3 is 5.11 Å². The first-order valence-corrected chi connectivity index (χ1v) is 7.90. The molecule has 1 unspecified atom stereocenters. The zero-order valence-corrected chi connectivity index (χ0v) is 11.7. The van der Waals surface area contributed by atoms with Crippen molar-refractivity contribution in [3.05, 3.63) is 29.8 Å². The van der Waals surface area contributed by atoms with E-state index in [1.54, 1.807) is 0 Å². The van der Waals surface area contributed by atoms with E-state index in [0.717, 1.165) is 12.3 Å². The number of rotatable bonds is 6. The highest BCUT2D eigenvalue weighted by Gasteiger charge is 2.33. The molecule has 1 aromatic carbocycles. The molecule has 1 aliphatic heterocycles. The summed E-state index contributed by atoms with van der Waals surface area (Å²) in [6.07, 6.45) is 2.74. The number of hydrogen-bond acceptors (Lipinski definition) is 3. The fourth-order valence-electron chi connectivity index (χ4n) is 2.77. The number of fused-ring (bicyclic) bond motifs is 1. The molecule has 0 saturated heterocycles. The van der Waals surface area contributed by atoms with E-state index in [1.165, 1.54) is 23.3 Å². The molecule has 0 bridgehead atoms. The van der Waals surface area contributed by atoms with Crippen LogP contribution >= 0.6 is 11.8 Å². The first-order chi connectivity index (χ1) is 9.24. The summed E-state index contributed by atoms with van der Waals surface area (Å²) in [5.41, 5.74) is 1.45. The van der Waals surface area contributed by atoms with E-state index in [1.807, 2.05) is 11.8 Å². The lowest BCUT2D eigenvalue weighted by Crippen LogP contribution is -2.33. The molecule has 0 aromatic heterocycles. The van der Waals surface area contributed by atoms with Gasteiger partial charge in [-0.3, -0.25) is 9.69 Å². The van der Waals surface area contributed by atoms with Gasteiger partial charge in [0, 0.05) is 35.7 Å². The van der Waals surface area contributed by atoms with Gasteiger partial charge in [0.15, 0.2) is 0 Å². The van der Waals surface area contributed by atoms with Gasteiger partial charge in [-0.25, -0.2) is 0 Å². The number of thioether (sulfide) groups is 1. The molecule has 3 rings (SSSR count). The minimum Gasteiger partial charge on any atom is -0.481 e. The van der Waals surface area contributed by atoms with Crippen LogP contribution in [-0.4, -0.2) is 40.9 Å². The molecule has 1 aromatic rings. The van der Waals surface area contributed by atoms with Gasteiger partial charge in [0.2, 0.25) is 0 Å². The average molecular weight is 277 g/mol. The van der Waals surface area contributed by atoms with Crippen LogP contribution in [0.15, 0.2) is 29.2 Å². The minimum absolute atomic E-state index is 0.262. The molecule has 102 valence electrons. The van der Waals surface area contributed by atoms with Crippen molar-refractivity contribution in [2.75, 3.05) is 18.8 Å². The Morgan fingerprint density at radius 3 is 2.89 bits per heavy atom. The molecular formula is C15H19NO2S. The van der Waals surface area contributed by atoms with Crippen LogP contribution in [0.2, 0.25) is 0 Å². The summed E-state index contributed by atoms with van der Waals surface area (Å²) in [6, 6.07) is 9.26. The Morgan fingerprint density at radius 2 is 2.16 bits per heavy atom. The van der Waals surface area contributed by atoms with Gasteiger partial charge in [-0.2, -0.15) is 0 Å². The summed E-state index contributed by atoms with van der Waals surface area (Å²) >= 11 is 1.93. The van der Waals surface area contributed by atoms with Gasteiger partial charge in [-0.05, 0) is 24.5 Å². The first-order valence-electron chi connectivity index (χ1n) is 6.91. The molecule has 1 heterocycles. The molecule has 1 N–H and O–H groups in total. The predicted molar refractivity (Wildman–Crippen MR) is 76.8 cm³/mol. The van der Waals surface area contributed by atoms with Crippen LogP contribution in [0.3, 0.4) is 0 Å². The van der Waals surface area contributed by atoms with Crippen LogP contribution in [0, 0.1) is 0 Å². The van der Waals surface area contributed by atoms with Crippen LogP contribution in [0.1, 0.15) is 30.7 Å². The van der Waals surface area contributed by atoms with Crippen LogP contribution in [0.5, 0.6) is 0 Å². The number of carboxylic acid groups (broad SMARTS) is 1. The third-order valence-corrected chi connectivity index (χ3v) is 5.18. The van der Waals surface area contributed by atoms with Gasteiger partial charge >= 0.3 is 5.97 Å². The van der Waals surface area contributed by atoms with Gasteiger partial charge in [-0.1, -0.05) is 18.2 Å². The van der Waals surface area contributed by atoms with Gasteiger partial charge in [0.25, 0.3) is 0 Å². The van der Waals surface area contributed by atoms with Gasteiger partial charge in [0.1, 0.15) is 0 Å². The van der Waals surface area contributed by atoms with Crippen LogP contribution in [0.4, 0.5) is 0 Å². The van der Waals surface area contributed by atoms with Crippen molar-refractivity contribution in [1.29, 1.82) is 0 Å². The standard InChI is InChI=1S/C15H19NO2S/c17-15(18)7-8-16(12-5-6-12)9-11-10-19-14-4-2-1-3-13(11)14/h1-4,11-12H,5-10H2,(H,17,18). The molecular weight excluding hydrogens is 258 g/mol. The smallest absolute Gasteiger partial charge is 0.304 e. The zero-order valence-electron chi connectivity index (χ0n) is 10.9. The Hall–Kier alpha value is -1.00. The lowest BCUT2D eigenvalue weighted by Gasteiger charge is -2.25. The normalized spacial score (nSPS) is 21.6. The van der Waals surface area contributed by atoms with E-state index < -0.39 is 5.97 Å². The number of nitrogens with zero attached hydrogens (tertiary/aromatic N) is 1. The molecule has 2 aliphatic rings. The maximum absolute atomic E-state index is 10.8. The monoisotopic (exact) mass is 277 g/mol. The maximum atomic E-state index is 10.8. The Labute approximate surface area is 118 Å². The second-order valence-corrected chi connectivity index (χ2v) is 6.48. The van der Waals surface area contributed by atoms with Gasteiger partial charge in [0.05, 0.1) is 6.42 Å². The molecule has 0 spiro atoms. The highest BCUT2D eigenvalue weighted by molar-refractivity contribution is 7.99. The van der Waals surface area contributed by atoms with Crippen molar-refractivity contribution in [3.63, 3.8) is 0 Å². The Bertz CT molecular complexity index is 473. The summed E-state index contributed by atoms with van der Waals surface area (Å²) in [5, 5.41) is 8.85. The largest absolute Gasteiger partial charge is 0.481 e. The van der Waals surface area contributed by atoms with Crippen molar-refractivity contribution in [2.45, 2.75) is 36.1 Å². The third-order valence-electron chi connectivity index (χ3n) is 3.93. The SMILES string of the molecule is O=C(O)CCN(CC1CSc2ccccc21)C1CC1. The molecule has 1 aliphatic carbocycles. The second-order valence-electron chi connectivity index (χ2n) is 5.42. The number of carboxylic acids is 1. The van der Waals surface area contributed by atoms with Crippen molar-refractivity contribution >= 4 is 17.7 Å². The van der Waals surface area contributed by atoms with E-state index in [-0.39, 0.29) is 6.42 Å². The summed E-state index contributed by atoms with van der Waals surface area (Å²) < 4.78 is 0. The number of carbonyl (C=O) groups is 1. The van der Waals surface area contributed by atoms with Crippen LogP contribution in [0.25, 0.3) is 0 Å². The fraction of sp³-hybridized carbons (Fsp3) is 0.533. The molecule has 1 saturated carbocycles. The average Bonchev–Trinajstić information content (AvgIpc) is 3.17. The van der Waals surface area contributed by atoms with E-state index in [4.69, 9.17) is 5.11 Å². The van der Waals surface area contributed by atoms with Crippen molar-refractivity contribution in [3.8, 4) is 0 Å². The van der Waals surface area contributed by atoms with Crippen molar-refractivity contribution in [1.82, 2.24) is 4.90 Å². The van der Waals surface area contributed by atoms with Crippen molar-refractivity contribution < 1.29 is 9.90 Å². The number of aliphatic carboxylic acids is 1. The molecule has 0 radical (unpaired) electrons. The lowest BCUT2D eigenvalue weighted by atomic mass is 10.0. The predicted octanol–water partition coefficient (Wildman–Crippen LogP) is 2.82. The van der Waals surface area contributed by atoms with Gasteiger partial charge in [-0.15, -0.1) is 11.8 Å². The quantitative estimate of drug-likeness (QED) is 0.868. The van der Waals surface area contributed by atoms with Crippen molar-refractivity contribution in [2.24, 2.45) is 0 Å². The maximum Gasteiger partial charge on any atom is 0.304 e. The van der Waals surface area contributed by atoms with E-state index in [2.05, 4.69) is 29.2 Å². The molecule has 0 amide bonds. The van der Waals surface area contributed by atoms with Crippen LogP contribution < -0.4 is 0 Å². The second kappa shape index (κ2) is 5.55. The Kier molecular flexibility index (Phi) is 3.80. The minimum atomic E-state index is -0.688. The Morgan fingerprint density at radius 1 is 1.37 bits per heavy atom. The molecule has 4 heteroatoms. The van der Waals surface area contributed by atoms with Crippen LogP contribution in [-0.2, 0) is 4.79 Å². The molecule has 1 atom stereocenters. The lowest BCUT2D eigenvalue weighted by molar-refractivity contribution is -0.137. The Balaban J connectivity index is 1.64. The number of benzene rings is 1. The summed E-state index contributed by atoms with van der Waals surface area (Å²) in [6.45, 7) is 1.71. The number of hydrogen-bond donors (Lipinski definition) is 1. The van der Waals surface area contributed by atoms with E-state index >= 15 is 0 Å². The highest BCUT2D eigenvalue weighted by Crippen LogP contribution is 2.41. The third kappa shape index (κ3) is 3.12. The summed E-state index contributed by atoms with van der Waals surface area (Å²) in [4.78, 5) is 14.5. The fourth-order valence-corrected chi connectivity index (χ4v) is 4.01. The molecule has 19 heavy (non-hydrogen) atoms. The first kappa shape index (κ1) is 13.0. The molecule has 1 fully saturated rings. The zero-order chi connectivity index (χ0) is 13.2. The summed E-state index contributed by atoms with van der Waals surface area (Å²) in [7, 11) is 0. The van der Waals surface area contributed by atoms with E-state index in [9.17, 15) is 4.79 Å². The molecule has 3 nitrogen and oxygen atoms in total. The summed E-state index contributed by atoms with van der Waals surface area (Å²) in [5.74, 6) is 1.01. The topological polar surface area (TPSA) is 40.5 Å². The van der Waals surface area contributed by atoms with E-state index in [0.29, 0.717) is 18.5 Å². The highest BCUT2D eigenvalue weighted by atomic mass is 32.2.